The van der Waals surface area contributed by atoms with Crippen LogP contribution in [0.25, 0.3) is 10.8 Å². The van der Waals surface area contributed by atoms with Crippen molar-refractivity contribution in [3.8, 4) is 5.75 Å². The summed E-state index contributed by atoms with van der Waals surface area (Å²) in [6.45, 7) is 9.34. The largest absolute Gasteiger partial charge is 0.493 e. The number of hydrogen-bond acceptors (Lipinski definition) is 2. The second kappa shape index (κ2) is 7.83. The third kappa shape index (κ3) is 4.48. The summed E-state index contributed by atoms with van der Waals surface area (Å²) in [5, 5.41) is 2.47. The van der Waals surface area contributed by atoms with Crippen LogP contribution >= 0.6 is 0 Å². The van der Waals surface area contributed by atoms with Crippen LogP contribution in [0.4, 0.5) is 0 Å². The first kappa shape index (κ1) is 16.3. The predicted molar refractivity (Wildman–Crippen MR) is 98.1 cm³/mol. The summed E-state index contributed by atoms with van der Waals surface area (Å²) in [5.41, 5.74) is 0. The van der Waals surface area contributed by atoms with Crippen molar-refractivity contribution >= 4 is 10.8 Å². The van der Waals surface area contributed by atoms with E-state index in [0.717, 1.165) is 30.6 Å². The van der Waals surface area contributed by atoms with E-state index in [0.29, 0.717) is 0 Å². The van der Waals surface area contributed by atoms with Crippen LogP contribution in [-0.4, -0.2) is 31.1 Å². The van der Waals surface area contributed by atoms with Crippen LogP contribution in [0.3, 0.4) is 0 Å². The zero-order valence-electron chi connectivity index (χ0n) is 14.5. The smallest absolute Gasteiger partial charge is 0.127 e. The van der Waals surface area contributed by atoms with Gasteiger partial charge in [-0.15, -0.1) is 0 Å². The van der Waals surface area contributed by atoms with Crippen molar-refractivity contribution in [2.45, 2.75) is 33.1 Å². The lowest BCUT2D eigenvalue weighted by atomic mass is 9.92. The number of piperidine rings is 1. The molecule has 0 aliphatic carbocycles. The SMILES string of the molecule is C[C@@H]1C[C@H](C)CN(CCCCOc2cccc3ccccc23)C1. The van der Waals surface area contributed by atoms with E-state index in [9.17, 15) is 0 Å². The van der Waals surface area contributed by atoms with Gasteiger partial charge in [0.1, 0.15) is 5.75 Å². The number of unbranched alkanes of at least 4 members (excludes halogenated alkanes) is 1. The van der Waals surface area contributed by atoms with Crippen LogP contribution in [0.5, 0.6) is 5.75 Å². The van der Waals surface area contributed by atoms with E-state index >= 15 is 0 Å². The fraction of sp³-hybridized carbons (Fsp3) is 0.524. The molecule has 2 aromatic rings. The van der Waals surface area contributed by atoms with E-state index in [2.05, 4.69) is 61.2 Å². The van der Waals surface area contributed by atoms with Gasteiger partial charge in [0.15, 0.2) is 0 Å². The molecule has 1 aliphatic rings. The van der Waals surface area contributed by atoms with Gasteiger partial charge in [-0.3, -0.25) is 0 Å². The highest BCUT2D eigenvalue weighted by atomic mass is 16.5. The molecule has 23 heavy (non-hydrogen) atoms. The van der Waals surface area contributed by atoms with E-state index in [1.807, 2.05) is 0 Å². The van der Waals surface area contributed by atoms with Crippen molar-refractivity contribution in [2.24, 2.45) is 11.8 Å². The van der Waals surface area contributed by atoms with Crippen molar-refractivity contribution in [1.82, 2.24) is 4.90 Å². The predicted octanol–water partition coefficient (Wildman–Crippen LogP) is 4.98. The maximum absolute atomic E-state index is 6.03. The van der Waals surface area contributed by atoms with Crippen molar-refractivity contribution in [3.63, 3.8) is 0 Å². The lowest BCUT2D eigenvalue weighted by Crippen LogP contribution is -2.39. The second-order valence-corrected chi connectivity index (χ2v) is 7.24. The Balaban J connectivity index is 1.43. The number of rotatable bonds is 6. The van der Waals surface area contributed by atoms with Crippen LogP contribution < -0.4 is 4.74 Å². The number of benzene rings is 2. The Hall–Kier alpha value is -1.54. The molecule has 124 valence electrons. The van der Waals surface area contributed by atoms with Crippen LogP contribution in [0.1, 0.15) is 33.1 Å². The average molecular weight is 311 g/mol. The van der Waals surface area contributed by atoms with Crippen molar-refractivity contribution in [1.29, 1.82) is 0 Å². The van der Waals surface area contributed by atoms with Crippen molar-refractivity contribution in [2.75, 3.05) is 26.2 Å². The van der Waals surface area contributed by atoms with Crippen LogP contribution in [0.2, 0.25) is 0 Å². The molecule has 1 heterocycles. The third-order valence-electron chi connectivity index (χ3n) is 4.82. The Kier molecular flexibility index (Phi) is 5.56. The summed E-state index contributed by atoms with van der Waals surface area (Å²) in [6.07, 6.45) is 3.74. The molecule has 0 radical (unpaired) electrons. The van der Waals surface area contributed by atoms with Crippen molar-refractivity contribution in [3.05, 3.63) is 42.5 Å². The number of fused-ring (bicyclic) bond motifs is 1. The number of nitrogens with zero attached hydrogens (tertiary/aromatic N) is 1. The molecule has 0 aromatic heterocycles. The van der Waals surface area contributed by atoms with Gasteiger partial charge < -0.3 is 9.64 Å². The van der Waals surface area contributed by atoms with Gasteiger partial charge in [0.2, 0.25) is 0 Å². The molecular formula is C21H29NO. The number of likely N-dealkylation sites (tertiary alicyclic amines) is 1. The average Bonchev–Trinajstić information content (AvgIpc) is 2.54. The Bertz CT molecular complexity index is 609. The lowest BCUT2D eigenvalue weighted by molar-refractivity contribution is 0.137. The molecule has 0 N–H and O–H groups in total. The Labute approximate surface area is 140 Å². The number of hydrogen-bond donors (Lipinski definition) is 0. The number of ether oxygens (including phenoxy) is 1. The highest BCUT2D eigenvalue weighted by molar-refractivity contribution is 5.88. The molecule has 2 atom stereocenters. The third-order valence-corrected chi connectivity index (χ3v) is 4.82. The monoisotopic (exact) mass is 311 g/mol. The van der Waals surface area contributed by atoms with Gasteiger partial charge in [0, 0.05) is 18.5 Å². The highest BCUT2D eigenvalue weighted by Gasteiger charge is 2.20. The molecule has 2 aromatic carbocycles. The molecule has 0 bridgehead atoms. The van der Waals surface area contributed by atoms with Gasteiger partial charge in [0.25, 0.3) is 0 Å². The topological polar surface area (TPSA) is 12.5 Å². The zero-order valence-corrected chi connectivity index (χ0v) is 14.5. The molecule has 2 nitrogen and oxygen atoms in total. The summed E-state index contributed by atoms with van der Waals surface area (Å²) >= 11 is 0. The molecule has 3 rings (SSSR count). The first-order valence-electron chi connectivity index (χ1n) is 9.05. The zero-order chi connectivity index (χ0) is 16.1. The van der Waals surface area contributed by atoms with E-state index < -0.39 is 0 Å². The van der Waals surface area contributed by atoms with E-state index in [1.54, 1.807) is 0 Å². The first-order chi connectivity index (χ1) is 11.2. The van der Waals surface area contributed by atoms with Gasteiger partial charge in [-0.25, -0.2) is 0 Å². The first-order valence-corrected chi connectivity index (χ1v) is 9.05. The maximum Gasteiger partial charge on any atom is 0.127 e. The molecule has 1 aliphatic heterocycles. The fourth-order valence-corrected chi connectivity index (χ4v) is 3.92. The minimum Gasteiger partial charge on any atom is -0.493 e. The van der Waals surface area contributed by atoms with Gasteiger partial charge >= 0.3 is 0 Å². The van der Waals surface area contributed by atoms with Gasteiger partial charge in [-0.1, -0.05) is 50.2 Å². The normalized spacial score (nSPS) is 22.3. The molecule has 1 fully saturated rings. The summed E-state index contributed by atoms with van der Waals surface area (Å²) in [6, 6.07) is 14.7. The quantitative estimate of drug-likeness (QED) is 0.698. The fourth-order valence-electron chi connectivity index (χ4n) is 3.92. The van der Waals surface area contributed by atoms with Crippen LogP contribution in [0.15, 0.2) is 42.5 Å². The molecule has 1 saturated heterocycles. The molecular weight excluding hydrogens is 282 g/mol. The molecule has 0 spiro atoms. The molecule has 0 saturated carbocycles. The lowest BCUT2D eigenvalue weighted by Gasteiger charge is -2.34. The Morgan fingerprint density at radius 3 is 2.52 bits per heavy atom. The standard InChI is InChI=1S/C21H29NO/c1-17-14-18(2)16-22(15-17)12-5-6-13-23-21-11-7-9-19-8-3-4-10-20(19)21/h3-4,7-11,17-18H,5-6,12-16H2,1-2H3/t17-,18+. The Morgan fingerprint density at radius 1 is 0.957 bits per heavy atom. The maximum atomic E-state index is 6.03. The van der Waals surface area contributed by atoms with E-state index in [4.69, 9.17) is 4.74 Å². The second-order valence-electron chi connectivity index (χ2n) is 7.24. The van der Waals surface area contributed by atoms with Crippen LogP contribution in [-0.2, 0) is 0 Å². The minimum absolute atomic E-state index is 0.812. The summed E-state index contributed by atoms with van der Waals surface area (Å²) in [4.78, 5) is 2.64. The van der Waals surface area contributed by atoms with Gasteiger partial charge in [-0.05, 0) is 49.1 Å². The van der Waals surface area contributed by atoms with Crippen LogP contribution in [0, 0.1) is 11.8 Å². The highest BCUT2D eigenvalue weighted by Crippen LogP contribution is 2.25. The minimum atomic E-state index is 0.812. The van der Waals surface area contributed by atoms with Gasteiger partial charge in [-0.2, -0.15) is 0 Å². The molecule has 2 heteroatoms. The molecule has 0 unspecified atom stereocenters. The summed E-state index contributed by atoms with van der Waals surface area (Å²) in [5.74, 6) is 2.72. The Morgan fingerprint density at radius 2 is 1.70 bits per heavy atom. The summed E-state index contributed by atoms with van der Waals surface area (Å²) < 4.78 is 6.03. The molecule has 0 amide bonds. The van der Waals surface area contributed by atoms with Crippen molar-refractivity contribution < 1.29 is 4.74 Å². The van der Waals surface area contributed by atoms with E-state index in [1.165, 1.54) is 43.2 Å². The van der Waals surface area contributed by atoms with Gasteiger partial charge in [0.05, 0.1) is 6.61 Å². The summed E-state index contributed by atoms with van der Waals surface area (Å²) in [7, 11) is 0. The van der Waals surface area contributed by atoms with E-state index in [-0.39, 0.29) is 0 Å².